The lowest BCUT2D eigenvalue weighted by molar-refractivity contribution is 0.0715. The van der Waals surface area contributed by atoms with E-state index in [1.165, 1.54) is 6.07 Å². The van der Waals surface area contributed by atoms with Gasteiger partial charge in [0, 0.05) is 50.7 Å². The molecular weight excluding hydrogens is 382 g/mol. The lowest BCUT2D eigenvalue weighted by atomic mass is 10.2. The van der Waals surface area contributed by atoms with Crippen LogP contribution in [0.5, 0.6) is 0 Å². The fourth-order valence-electron chi connectivity index (χ4n) is 3.64. The van der Waals surface area contributed by atoms with Gasteiger partial charge in [-0.05, 0) is 24.3 Å². The number of aromatic nitrogens is 3. The fourth-order valence-corrected chi connectivity index (χ4v) is 3.64. The molecular formula is C22H19N5O3. The van der Waals surface area contributed by atoms with Crippen LogP contribution in [0.15, 0.2) is 76.5 Å². The Hall–Kier alpha value is -3.94. The number of hydrogen-bond acceptors (Lipinski definition) is 6. The Kier molecular flexibility index (Phi) is 4.51. The number of carbonyl (C=O) groups is 1. The summed E-state index contributed by atoms with van der Waals surface area (Å²) >= 11 is 0. The van der Waals surface area contributed by atoms with Gasteiger partial charge in [-0.2, -0.15) is 0 Å². The molecule has 1 aromatic carbocycles. The molecule has 150 valence electrons. The van der Waals surface area contributed by atoms with Crippen molar-refractivity contribution in [1.82, 2.24) is 19.4 Å². The first-order valence-electron chi connectivity index (χ1n) is 9.71. The Balaban J connectivity index is 1.31. The molecule has 1 fully saturated rings. The maximum absolute atomic E-state index is 12.9. The van der Waals surface area contributed by atoms with E-state index in [4.69, 9.17) is 4.42 Å². The minimum Gasteiger partial charge on any atom is -0.451 e. The molecule has 4 aromatic rings. The van der Waals surface area contributed by atoms with Gasteiger partial charge in [0.15, 0.2) is 11.2 Å². The van der Waals surface area contributed by atoms with Gasteiger partial charge in [0.05, 0.1) is 5.39 Å². The predicted molar refractivity (Wildman–Crippen MR) is 112 cm³/mol. The number of amides is 1. The second-order valence-corrected chi connectivity index (χ2v) is 7.08. The molecule has 0 radical (unpaired) electrons. The molecule has 0 N–H and O–H groups in total. The van der Waals surface area contributed by atoms with Gasteiger partial charge in [-0.3, -0.25) is 9.59 Å². The van der Waals surface area contributed by atoms with Gasteiger partial charge < -0.3 is 18.8 Å². The summed E-state index contributed by atoms with van der Waals surface area (Å²) in [6.07, 6.45) is 5.41. The smallest absolute Gasteiger partial charge is 0.289 e. The van der Waals surface area contributed by atoms with Crippen LogP contribution in [0, 0.1) is 0 Å². The molecule has 5 rings (SSSR count). The second-order valence-electron chi connectivity index (χ2n) is 7.08. The van der Waals surface area contributed by atoms with Gasteiger partial charge in [0.1, 0.15) is 23.5 Å². The highest BCUT2D eigenvalue weighted by Gasteiger charge is 2.25. The lowest BCUT2D eigenvalue weighted by Gasteiger charge is -2.35. The largest absolute Gasteiger partial charge is 0.451 e. The quantitative estimate of drug-likeness (QED) is 0.524. The van der Waals surface area contributed by atoms with E-state index in [0.717, 1.165) is 11.6 Å². The number of nitrogens with zero attached hydrogens (tertiary/aromatic N) is 5. The van der Waals surface area contributed by atoms with Crippen molar-refractivity contribution >= 4 is 22.7 Å². The van der Waals surface area contributed by atoms with Crippen molar-refractivity contribution in [3.05, 3.63) is 83.2 Å². The third kappa shape index (κ3) is 3.32. The van der Waals surface area contributed by atoms with E-state index >= 15 is 0 Å². The molecule has 0 unspecified atom stereocenters. The Morgan fingerprint density at radius 2 is 1.63 bits per heavy atom. The van der Waals surface area contributed by atoms with Crippen LogP contribution in [0.2, 0.25) is 0 Å². The zero-order valence-corrected chi connectivity index (χ0v) is 16.1. The Morgan fingerprint density at radius 1 is 0.900 bits per heavy atom. The SMILES string of the molecule is O=C(c1cc(=O)c2ccccc2o1)N1CCN(c2cc(-n3cccc3)ncn2)CC1. The first kappa shape index (κ1) is 18.1. The van der Waals surface area contributed by atoms with Gasteiger partial charge in [-0.1, -0.05) is 12.1 Å². The van der Waals surface area contributed by atoms with Crippen LogP contribution in [-0.2, 0) is 0 Å². The van der Waals surface area contributed by atoms with Gasteiger partial charge in [0.25, 0.3) is 5.91 Å². The highest BCUT2D eigenvalue weighted by Crippen LogP contribution is 2.18. The molecule has 1 aliphatic heterocycles. The monoisotopic (exact) mass is 401 g/mol. The first-order chi connectivity index (χ1) is 14.7. The van der Waals surface area contributed by atoms with E-state index < -0.39 is 0 Å². The molecule has 1 amide bonds. The van der Waals surface area contributed by atoms with E-state index in [2.05, 4.69) is 14.9 Å². The van der Waals surface area contributed by atoms with Gasteiger partial charge >= 0.3 is 0 Å². The average Bonchev–Trinajstić information content (AvgIpc) is 3.34. The fraction of sp³-hybridized carbons (Fsp3) is 0.182. The molecule has 1 aliphatic rings. The summed E-state index contributed by atoms with van der Waals surface area (Å²) < 4.78 is 7.62. The summed E-state index contributed by atoms with van der Waals surface area (Å²) in [7, 11) is 0. The Morgan fingerprint density at radius 3 is 2.43 bits per heavy atom. The number of para-hydroxylation sites is 1. The molecule has 3 aromatic heterocycles. The summed E-state index contributed by atoms with van der Waals surface area (Å²) in [6.45, 7) is 2.29. The number of hydrogen-bond donors (Lipinski definition) is 0. The van der Waals surface area contributed by atoms with Crippen molar-refractivity contribution in [3.8, 4) is 5.82 Å². The standard InChI is InChI=1S/C22H19N5O3/c28-17-13-19(30-18-6-2-1-5-16(17)18)22(29)27-11-9-26(10-12-27)21-14-20(23-15-24-21)25-7-3-4-8-25/h1-8,13-15H,9-12H2. The van der Waals surface area contributed by atoms with E-state index in [1.54, 1.807) is 35.5 Å². The molecule has 0 atom stereocenters. The number of piperazine rings is 1. The lowest BCUT2D eigenvalue weighted by Crippen LogP contribution is -2.49. The van der Waals surface area contributed by atoms with Crippen LogP contribution in [0.4, 0.5) is 5.82 Å². The van der Waals surface area contributed by atoms with Crippen molar-refractivity contribution < 1.29 is 9.21 Å². The molecule has 8 nitrogen and oxygen atoms in total. The molecule has 0 bridgehead atoms. The maximum atomic E-state index is 12.9. The number of anilines is 1. The summed E-state index contributed by atoms with van der Waals surface area (Å²) in [5.41, 5.74) is 0.211. The van der Waals surface area contributed by atoms with Gasteiger partial charge in [0.2, 0.25) is 0 Å². The number of benzene rings is 1. The van der Waals surface area contributed by atoms with Crippen molar-refractivity contribution in [2.75, 3.05) is 31.1 Å². The van der Waals surface area contributed by atoms with E-state index in [1.807, 2.05) is 35.2 Å². The van der Waals surface area contributed by atoms with Crippen molar-refractivity contribution in [2.45, 2.75) is 0 Å². The third-order valence-electron chi connectivity index (χ3n) is 5.24. The molecule has 4 heterocycles. The van der Waals surface area contributed by atoms with Crippen LogP contribution in [0.1, 0.15) is 10.6 Å². The van der Waals surface area contributed by atoms with Crippen LogP contribution >= 0.6 is 0 Å². The number of fused-ring (bicyclic) bond motifs is 1. The zero-order chi connectivity index (χ0) is 20.5. The Labute approximate surface area is 172 Å². The van der Waals surface area contributed by atoms with Gasteiger partial charge in [-0.25, -0.2) is 9.97 Å². The number of rotatable bonds is 3. The van der Waals surface area contributed by atoms with Crippen molar-refractivity contribution in [1.29, 1.82) is 0 Å². The number of carbonyl (C=O) groups excluding carboxylic acids is 1. The minimum absolute atomic E-state index is 0.0732. The van der Waals surface area contributed by atoms with Crippen LogP contribution in [-0.4, -0.2) is 51.5 Å². The topological polar surface area (TPSA) is 84.5 Å². The van der Waals surface area contributed by atoms with Crippen molar-refractivity contribution in [2.24, 2.45) is 0 Å². The van der Waals surface area contributed by atoms with Crippen LogP contribution in [0.25, 0.3) is 16.8 Å². The summed E-state index contributed by atoms with van der Waals surface area (Å²) in [5.74, 6) is 1.41. The average molecular weight is 401 g/mol. The van der Waals surface area contributed by atoms with Crippen molar-refractivity contribution in [3.63, 3.8) is 0 Å². The molecule has 0 spiro atoms. The van der Waals surface area contributed by atoms with E-state index in [9.17, 15) is 9.59 Å². The molecule has 30 heavy (non-hydrogen) atoms. The summed E-state index contributed by atoms with van der Waals surface area (Å²) in [6, 6.07) is 14.0. The molecule has 0 aliphatic carbocycles. The Bertz CT molecular complexity index is 1260. The van der Waals surface area contributed by atoms with E-state index in [-0.39, 0.29) is 17.1 Å². The highest BCUT2D eigenvalue weighted by molar-refractivity contribution is 5.93. The first-order valence-corrected chi connectivity index (χ1v) is 9.71. The summed E-state index contributed by atoms with van der Waals surface area (Å²) in [5, 5.41) is 0.473. The minimum atomic E-state index is -0.270. The normalized spacial score (nSPS) is 14.3. The molecule has 1 saturated heterocycles. The molecule has 8 heteroatoms. The van der Waals surface area contributed by atoms with Crippen LogP contribution < -0.4 is 10.3 Å². The second kappa shape index (κ2) is 7.47. The zero-order valence-electron chi connectivity index (χ0n) is 16.1. The highest BCUT2D eigenvalue weighted by atomic mass is 16.3. The third-order valence-corrected chi connectivity index (χ3v) is 5.24. The maximum Gasteiger partial charge on any atom is 0.289 e. The predicted octanol–water partition coefficient (Wildman–Crippen LogP) is 2.34. The van der Waals surface area contributed by atoms with Gasteiger partial charge in [-0.15, -0.1) is 0 Å². The van der Waals surface area contributed by atoms with Crippen LogP contribution in [0.3, 0.4) is 0 Å². The molecule has 0 saturated carbocycles. The van der Waals surface area contributed by atoms with E-state index in [0.29, 0.717) is 37.1 Å². The summed E-state index contributed by atoms with van der Waals surface area (Å²) in [4.78, 5) is 37.7.